The Balaban J connectivity index is 1.76. The lowest BCUT2D eigenvalue weighted by Crippen LogP contribution is -2.50. The lowest BCUT2D eigenvalue weighted by molar-refractivity contribution is -0.123. The number of amides is 2. The number of carbonyl (C=O) groups excluding carboxylic acids is 2. The smallest absolute Gasteiger partial charge is 0.271 e. The molecule has 2 amide bonds. The molecule has 126 valence electrons. The summed E-state index contributed by atoms with van der Waals surface area (Å²) in [5.41, 5.74) is 1.39. The predicted octanol–water partition coefficient (Wildman–Crippen LogP) is 2.21. The van der Waals surface area contributed by atoms with Gasteiger partial charge in [0.15, 0.2) is 0 Å². The first-order valence-corrected chi connectivity index (χ1v) is 8.23. The minimum atomic E-state index is -0.219. The van der Waals surface area contributed by atoms with Gasteiger partial charge in [0, 0.05) is 18.7 Å². The van der Waals surface area contributed by atoms with Crippen LogP contribution in [0, 0.1) is 0 Å². The fourth-order valence-corrected chi connectivity index (χ4v) is 2.91. The number of nitrogens with one attached hydrogen (secondary N) is 2. The molecular weight excluding hydrogens is 304 g/mol. The summed E-state index contributed by atoms with van der Waals surface area (Å²) in [6, 6.07) is 9.60. The van der Waals surface area contributed by atoms with Crippen molar-refractivity contribution in [2.75, 3.05) is 0 Å². The van der Waals surface area contributed by atoms with Crippen LogP contribution in [0.15, 0.2) is 42.9 Å². The molecule has 1 fully saturated rings. The average Bonchev–Trinajstić information content (AvgIpc) is 3.08. The fourth-order valence-electron chi connectivity index (χ4n) is 2.91. The number of carbonyl (C=O) groups is 2. The SMILES string of the molecule is CC(C)n1cnc(C(=O)N[C@@H]2CCC(=O)N[C@H]2c2ccccc2)c1. The van der Waals surface area contributed by atoms with Crippen molar-refractivity contribution in [2.45, 2.75) is 44.8 Å². The summed E-state index contributed by atoms with van der Waals surface area (Å²) in [6.45, 7) is 4.07. The monoisotopic (exact) mass is 326 g/mol. The molecule has 0 bridgehead atoms. The predicted molar refractivity (Wildman–Crippen MR) is 90.4 cm³/mol. The van der Waals surface area contributed by atoms with Crippen molar-refractivity contribution in [1.29, 1.82) is 0 Å². The Kier molecular flexibility index (Phi) is 4.64. The highest BCUT2D eigenvalue weighted by atomic mass is 16.2. The molecule has 1 aromatic carbocycles. The molecule has 2 N–H and O–H groups in total. The van der Waals surface area contributed by atoms with Crippen LogP contribution in [-0.4, -0.2) is 27.4 Å². The summed E-state index contributed by atoms with van der Waals surface area (Å²) in [4.78, 5) is 28.5. The van der Waals surface area contributed by atoms with Crippen molar-refractivity contribution in [3.63, 3.8) is 0 Å². The molecular formula is C18H22N4O2. The van der Waals surface area contributed by atoms with Crippen LogP contribution in [0.3, 0.4) is 0 Å². The van der Waals surface area contributed by atoms with E-state index in [1.54, 1.807) is 12.5 Å². The van der Waals surface area contributed by atoms with Gasteiger partial charge < -0.3 is 15.2 Å². The van der Waals surface area contributed by atoms with Crippen LogP contribution in [0.25, 0.3) is 0 Å². The van der Waals surface area contributed by atoms with E-state index in [2.05, 4.69) is 15.6 Å². The molecule has 0 saturated carbocycles. The highest BCUT2D eigenvalue weighted by Gasteiger charge is 2.31. The zero-order valence-corrected chi connectivity index (χ0v) is 13.9. The minimum Gasteiger partial charge on any atom is -0.347 e. The van der Waals surface area contributed by atoms with Crippen molar-refractivity contribution in [1.82, 2.24) is 20.2 Å². The quantitative estimate of drug-likeness (QED) is 0.904. The van der Waals surface area contributed by atoms with E-state index in [9.17, 15) is 9.59 Å². The summed E-state index contributed by atoms with van der Waals surface area (Å²) < 4.78 is 1.90. The van der Waals surface area contributed by atoms with Gasteiger partial charge in [-0.05, 0) is 25.8 Å². The molecule has 0 spiro atoms. The van der Waals surface area contributed by atoms with Crippen molar-refractivity contribution in [3.8, 4) is 0 Å². The fraction of sp³-hybridized carbons (Fsp3) is 0.389. The summed E-state index contributed by atoms with van der Waals surface area (Å²) in [6.07, 6.45) is 4.44. The Morgan fingerprint density at radius 3 is 2.75 bits per heavy atom. The summed E-state index contributed by atoms with van der Waals surface area (Å²) in [5, 5.41) is 6.01. The van der Waals surface area contributed by atoms with Crippen molar-refractivity contribution >= 4 is 11.8 Å². The van der Waals surface area contributed by atoms with Crippen LogP contribution < -0.4 is 10.6 Å². The van der Waals surface area contributed by atoms with Crippen molar-refractivity contribution < 1.29 is 9.59 Å². The molecule has 3 rings (SSSR count). The van der Waals surface area contributed by atoms with E-state index in [1.165, 1.54) is 0 Å². The number of hydrogen-bond donors (Lipinski definition) is 2. The molecule has 0 unspecified atom stereocenters. The number of aromatic nitrogens is 2. The third-order valence-corrected chi connectivity index (χ3v) is 4.31. The minimum absolute atomic E-state index is 0.0124. The van der Waals surface area contributed by atoms with Crippen LogP contribution in [-0.2, 0) is 4.79 Å². The Labute approximate surface area is 141 Å². The second-order valence-electron chi connectivity index (χ2n) is 6.37. The van der Waals surface area contributed by atoms with Crippen LogP contribution in [0.1, 0.15) is 54.8 Å². The molecule has 1 saturated heterocycles. The lowest BCUT2D eigenvalue weighted by Gasteiger charge is -2.33. The second-order valence-corrected chi connectivity index (χ2v) is 6.37. The van der Waals surface area contributed by atoms with Gasteiger partial charge in [-0.1, -0.05) is 30.3 Å². The Morgan fingerprint density at radius 2 is 2.08 bits per heavy atom. The lowest BCUT2D eigenvalue weighted by atomic mass is 9.92. The molecule has 24 heavy (non-hydrogen) atoms. The molecule has 0 aliphatic carbocycles. The maximum Gasteiger partial charge on any atom is 0.271 e. The normalized spacial score (nSPS) is 20.7. The van der Waals surface area contributed by atoms with E-state index < -0.39 is 0 Å². The number of piperidine rings is 1. The topological polar surface area (TPSA) is 76.0 Å². The van der Waals surface area contributed by atoms with Gasteiger partial charge in [0.25, 0.3) is 5.91 Å². The molecule has 1 aromatic heterocycles. The first kappa shape index (κ1) is 16.2. The molecule has 2 atom stereocenters. The van der Waals surface area contributed by atoms with Crippen LogP contribution in [0.5, 0.6) is 0 Å². The molecule has 2 aromatic rings. The zero-order chi connectivity index (χ0) is 17.1. The van der Waals surface area contributed by atoms with Crippen LogP contribution in [0.2, 0.25) is 0 Å². The third kappa shape index (κ3) is 3.48. The molecule has 6 nitrogen and oxygen atoms in total. The molecule has 2 heterocycles. The largest absolute Gasteiger partial charge is 0.347 e. The van der Waals surface area contributed by atoms with Crippen LogP contribution in [0.4, 0.5) is 0 Å². The Morgan fingerprint density at radius 1 is 1.33 bits per heavy atom. The summed E-state index contributed by atoms with van der Waals surface area (Å²) in [7, 11) is 0. The van der Waals surface area contributed by atoms with E-state index in [4.69, 9.17) is 0 Å². The van der Waals surface area contributed by atoms with Gasteiger partial charge in [-0.25, -0.2) is 4.98 Å². The van der Waals surface area contributed by atoms with Crippen LogP contribution >= 0.6 is 0 Å². The first-order valence-electron chi connectivity index (χ1n) is 8.23. The third-order valence-electron chi connectivity index (χ3n) is 4.31. The highest BCUT2D eigenvalue weighted by molar-refractivity contribution is 5.92. The molecule has 6 heteroatoms. The average molecular weight is 326 g/mol. The maximum atomic E-state index is 12.5. The molecule has 1 aliphatic rings. The second kappa shape index (κ2) is 6.86. The van der Waals surface area contributed by atoms with Gasteiger partial charge in [-0.2, -0.15) is 0 Å². The van der Waals surface area contributed by atoms with Gasteiger partial charge in [-0.15, -0.1) is 0 Å². The number of hydrogen-bond acceptors (Lipinski definition) is 3. The highest BCUT2D eigenvalue weighted by Crippen LogP contribution is 2.24. The standard InChI is InChI=1S/C18H22N4O2/c1-12(2)22-10-15(19-11-22)18(24)20-14-8-9-16(23)21-17(14)13-6-4-3-5-7-13/h3-7,10-12,14,17H,8-9H2,1-2H3,(H,20,24)(H,21,23)/t14-,17+/m1/s1. The van der Waals surface area contributed by atoms with E-state index >= 15 is 0 Å². The number of rotatable bonds is 4. The molecule has 0 radical (unpaired) electrons. The van der Waals surface area contributed by atoms with Crippen molar-refractivity contribution in [2.24, 2.45) is 0 Å². The Bertz CT molecular complexity index is 724. The zero-order valence-electron chi connectivity index (χ0n) is 13.9. The number of benzene rings is 1. The molecule has 1 aliphatic heterocycles. The first-order chi connectivity index (χ1) is 11.5. The van der Waals surface area contributed by atoms with Gasteiger partial charge in [0.05, 0.1) is 18.4 Å². The maximum absolute atomic E-state index is 12.5. The van der Waals surface area contributed by atoms with Gasteiger partial charge in [0.2, 0.25) is 5.91 Å². The van der Waals surface area contributed by atoms with Gasteiger partial charge in [0.1, 0.15) is 5.69 Å². The van der Waals surface area contributed by atoms with Gasteiger partial charge >= 0.3 is 0 Å². The van der Waals surface area contributed by atoms with Crippen molar-refractivity contribution in [3.05, 3.63) is 54.1 Å². The van der Waals surface area contributed by atoms with Gasteiger partial charge in [-0.3, -0.25) is 9.59 Å². The van der Waals surface area contributed by atoms with E-state index in [0.29, 0.717) is 18.5 Å². The number of nitrogens with zero attached hydrogens (tertiary/aromatic N) is 2. The number of imidazole rings is 1. The van der Waals surface area contributed by atoms with E-state index in [1.807, 2.05) is 48.7 Å². The van der Waals surface area contributed by atoms with E-state index in [0.717, 1.165) is 5.56 Å². The summed E-state index contributed by atoms with van der Waals surface area (Å²) in [5.74, 6) is -0.199. The van der Waals surface area contributed by atoms with E-state index in [-0.39, 0.29) is 29.9 Å². The Hall–Kier alpha value is -2.63. The summed E-state index contributed by atoms with van der Waals surface area (Å²) >= 11 is 0.